The summed E-state index contributed by atoms with van der Waals surface area (Å²) in [5.41, 5.74) is 1.29. The number of hydrogen-bond donors (Lipinski definition) is 1. The van der Waals surface area contributed by atoms with E-state index in [1.807, 2.05) is 4.90 Å². The lowest BCUT2D eigenvalue weighted by molar-refractivity contribution is -0.134. The quantitative estimate of drug-likeness (QED) is 0.472. The van der Waals surface area contributed by atoms with Crippen LogP contribution in [0.15, 0.2) is 42.5 Å². The van der Waals surface area contributed by atoms with E-state index in [1.165, 1.54) is 11.0 Å². The topological polar surface area (TPSA) is 71.1 Å². The first-order valence-corrected chi connectivity index (χ1v) is 11.4. The van der Waals surface area contributed by atoms with Crippen LogP contribution in [0.2, 0.25) is 5.02 Å². The molecule has 0 saturated heterocycles. The molecule has 0 bridgehead atoms. The van der Waals surface area contributed by atoms with Gasteiger partial charge in [-0.2, -0.15) is 8.78 Å². The van der Waals surface area contributed by atoms with Crippen molar-refractivity contribution >= 4 is 29.1 Å². The minimum atomic E-state index is -2.95. The highest BCUT2D eigenvalue weighted by molar-refractivity contribution is 6.33. The normalized spacial score (nSPS) is 13.1. The largest absolute Gasteiger partial charge is 0.490 e. The Morgan fingerprint density at radius 2 is 1.88 bits per heavy atom. The number of benzene rings is 2. The monoisotopic (exact) mass is 495 g/mol. The Hall–Kier alpha value is -2.91. The second-order valence-corrected chi connectivity index (χ2v) is 8.41. The molecule has 0 radical (unpaired) electrons. The lowest BCUT2D eigenvalue weighted by atomic mass is 10.2. The molecule has 1 aliphatic rings. The van der Waals surface area contributed by atoms with Gasteiger partial charge in [0.15, 0.2) is 11.5 Å². The molecule has 1 saturated carbocycles. The zero-order valence-corrected chi connectivity index (χ0v) is 19.9. The molecule has 0 atom stereocenters. The van der Waals surface area contributed by atoms with Crippen LogP contribution in [0.4, 0.5) is 14.5 Å². The van der Waals surface area contributed by atoms with Gasteiger partial charge in [-0.25, -0.2) is 0 Å². The number of anilines is 1. The van der Waals surface area contributed by atoms with Crippen LogP contribution in [0.5, 0.6) is 11.5 Å². The number of nitrogens with one attached hydrogen (secondary N) is 1. The van der Waals surface area contributed by atoms with Gasteiger partial charge in [-0.1, -0.05) is 29.8 Å². The highest BCUT2D eigenvalue weighted by Crippen LogP contribution is 2.33. The maximum atomic E-state index is 12.8. The molecular formula is C24H28ClF2N3O4. The van der Waals surface area contributed by atoms with Crippen LogP contribution in [-0.2, 0) is 16.1 Å². The number of likely N-dealkylation sites (N-methyl/N-ethyl adjacent to an activating group) is 1. The summed E-state index contributed by atoms with van der Waals surface area (Å²) in [6.07, 6.45) is 1.93. The molecule has 34 heavy (non-hydrogen) atoms. The van der Waals surface area contributed by atoms with E-state index in [-0.39, 0.29) is 42.4 Å². The van der Waals surface area contributed by atoms with E-state index >= 15 is 0 Å². The van der Waals surface area contributed by atoms with Crippen LogP contribution < -0.4 is 14.8 Å². The van der Waals surface area contributed by atoms with Crippen molar-refractivity contribution in [3.63, 3.8) is 0 Å². The van der Waals surface area contributed by atoms with Crippen molar-refractivity contribution < 1.29 is 27.8 Å². The number of halogens is 3. The summed E-state index contributed by atoms with van der Waals surface area (Å²) in [5.74, 6) is -0.351. The summed E-state index contributed by atoms with van der Waals surface area (Å²) < 4.78 is 35.3. The smallest absolute Gasteiger partial charge is 0.387 e. The number of amides is 2. The van der Waals surface area contributed by atoms with Gasteiger partial charge >= 0.3 is 6.61 Å². The fourth-order valence-electron chi connectivity index (χ4n) is 3.45. The van der Waals surface area contributed by atoms with Crippen molar-refractivity contribution in [3.8, 4) is 11.5 Å². The predicted molar refractivity (Wildman–Crippen MR) is 125 cm³/mol. The number of carbonyl (C=O) groups excluding carboxylic acids is 2. The lowest BCUT2D eigenvalue weighted by Crippen LogP contribution is -2.42. The number of ether oxygens (including phenoxy) is 2. The van der Waals surface area contributed by atoms with Crippen LogP contribution >= 0.6 is 11.6 Å². The summed E-state index contributed by atoms with van der Waals surface area (Å²) >= 11 is 6.06. The van der Waals surface area contributed by atoms with E-state index in [1.54, 1.807) is 50.4 Å². The van der Waals surface area contributed by atoms with Gasteiger partial charge in [-0.3, -0.25) is 14.5 Å². The molecule has 2 aromatic rings. The maximum absolute atomic E-state index is 12.8. The van der Waals surface area contributed by atoms with Crippen molar-refractivity contribution in [1.82, 2.24) is 9.80 Å². The van der Waals surface area contributed by atoms with Gasteiger partial charge in [-0.05, 0) is 49.6 Å². The van der Waals surface area contributed by atoms with Gasteiger partial charge in [-0.15, -0.1) is 0 Å². The molecule has 10 heteroatoms. The highest BCUT2D eigenvalue weighted by Gasteiger charge is 2.31. The van der Waals surface area contributed by atoms with Gasteiger partial charge in [0.2, 0.25) is 11.8 Å². The second kappa shape index (κ2) is 12.0. The van der Waals surface area contributed by atoms with Crippen LogP contribution in [-0.4, -0.2) is 61.0 Å². The molecule has 0 aliphatic heterocycles. The minimum Gasteiger partial charge on any atom is -0.490 e. The minimum absolute atomic E-state index is 0.0288. The fraction of sp³-hybridized carbons (Fsp3) is 0.417. The fourth-order valence-corrected chi connectivity index (χ4v) is 3.63. The molecule has 7 nitrogen and oxygen atoms in total. The first-order valence-electron chi connectivity index (χ1n) is 11.0. The van der Waals surface area contributed by atoms with Crippen LogP contribution in [0.3, 0.4) is 0 Å². The molecule has 1 aliphatic carbocycles. The Labute approximate surface area is 202 Å². The van der Waals surface area contributed by atoms with Crippen molar-refractivity contribution in [1.29, 1.82) is 0 Å². The molecule has 2 aromatic carbocycles. The van der Waals surface area contributed by atoms with Gasteiger partial charge in [0.25, 0.3) is 0 Å². The SMILES string of the molecule is CCOc1cc(CN(CC(=O)N(C)CC(=O)Nc2ccccc2Cl)C2CC2)ccc1OC(F)F. The summed E-state index contributed by atoms with van der Waals surface area (Å²) in [6.45, 7) is -0.446. The van der Waals surface area contributed by atoms with Gasteiger partial charge in [0.05, 0.1) is 30.4 Å². The summed E-state index contributed by atoms with van der Waals surface area (Å²) in [5, 5.41) is 3.12. The van der Waals surface area contributed by atoms with Crippen molar-refractivity contribution in [3.05, 3.63) is 53.1 Å². The zero-order chi connectivity index (χ0) is 24.7. The standard InChI is InChI=1S/C24H28ClF2N3O4/c1-3-33-21-12-16(8-11-20(21)34-24(26)27)13-30(17-9-10-17)15-23(32)29(2)14-22(31)28-19-7-5-4-6-18(19)25/h4-8,11-12,17,24H,3,9-10,13-15H2,1-2H3,(H,28,31). The molecule has 3 rings (SSSR count). The molecule has 0 aromatic heterocycles. The van der Waals surface area contributed by atoms with E-state index in [0.717, 1.165) is 18.4 Å². The average molecular weight is 496 g/mol. The third-order valence-corrected chi connectivity index (χ3v) is 5.60. The molecule has 1 fully saturated rings. The first-order chi connectivity index (χ1) is 16.3. The van der Waals surface area contributed by atoms with Gasteiger partial charge in [0.1, 0.15) is 0 Å². The van der Waals surface area contributed by atoms with E-state index in [4.69, 9.17) is 16.3 Å². The Morgan fingerprint density at radius 1 is 1.15 bits per heavy atom. The third-order valence-electron chi connectivity index (χ3n) is 5.27. The first kappa shape index (κ1) is 25.7. The predicted octanol–water partition coefficient (Wildman–Crippen LogP) is 4.40. The molecule has 0 spiro atoms. The molecule has 0 heterocycles. The number of alkyl halides is 2. The number of para-hydroxylation sites is 1. The van der Waals surface area contributed by atoms with Gasteiger partial charge in [0, 0.05) is 19.6 Å². The Kier molecular flexibility index (Phi) is 9.06. The lowest BCUT2D eigenvalue weighted by Gasteiger charge is -2.25. The van der Waals surface area contributed by atoms with Crippen molar-refractivity contribution in [2.75, 3.05) is 32.1 Å². The number of nitrogens with zero attached hydrogens (tertiary/aromatic N) is 2. The van der Waals surface area contributed by atoms with E-state index in [9.17, 15) is 18.4 Å². The van der Waals surface area contributed by atoms with E-state index < -0.39 is 6.61 Å². The number of rotatable bonds is 12. The van der Waals surface area contributed by atoms with Crippen LogP contribution in [0.1, 0.15) is 25.3 Å². The van der Waals surface area contributed by atoms with Gasteiger partial charge < -0.3 is 19.7 Å². The summed E-state index contributed by atoms with van der Waals surface area (Å²) in [4.78, 5) is 28.6. The molecule has 1 N–H and O–H groups in total. The molecular weight excluding hydrogens is 468 g/mol. The summed E-state index contributed by atoms with van der Waals surface area (Å²) in [6, 6.07) is 11.9. The summed E-state index contributed by atoms with van der Waals surface area (Å²) in [7, 11) is 1.57. The molecule has 0 unspecified atom stereocenters. The van der Waals surface area contributed by atoms with E-state index in [0.29, 0.717) is 23.9 Å². The van der Waals surface area contributed by atoms with Crippen molar-refractivity contribution in [2.24, 2.45) is 0 Å². The Balaban J connectivity index is 1.60. The molecule has 184 valence electrons. The highest BCUT2D eigenvalue weighted by atomic mass is 35.5. The zero-order valence-electron chi connectivity index (χ0n) is 19.1. The maximum Gasteiger partial charge on any atom is 0.387 e. The van der Waals surface area contributed by atoms with Crippen LogP contribution in [0.25, 0.3) is 0 Å². The van der Waals surface area contributed by atoms with E-state index in [2.05, 4.69) is 10.1 Å². The second-order valence-electron chi connectivity index (χ2n) is 8.01. The molecule has 2 amide bonds. The van der Waals surface area contributed by atoms with Crippen molar-refractivity contribution in [2.45, 2.75) is 39.0 Å². The number of carbonyl (C=O) groups is 2. The Morgan fingerprint density at radius 3 is 2.53 bits per heavy atom. The van der Waals surface area contributed by atoms with Crippen LogP contribution in [0, 0.1) is 0 Å². The number of hydrogen-bond acceptors (Lipinski definition) is 5. The average Bonchev–Trinajstić information content (AvgIpc) is 3.62. The third kappa shape index (κ3) is 7.56. The Bertz CT molecular complexity index is 1000.